The minimum Gasteiger partial charge on any atom is -0.455 e. The number of benzene rings is 2. The van der Waals surface area contributed by atoms with Crippen molar-refractivity contribution in [2.45, 2.75) is 6.42 Å². The van der Waals surface area contributed by atoms with Gasteiger partial charge in [-0.25, -0.2) is 5.43 Å². The summed E-state index contributed by atoms with van der Waals surface area (Å²) in [7, 11) is 0. The number of carbonyl (C=O) groups excluding carboxylic acids is 1. The lowest BCUT2D eigenvalue weighted by molar-refractivity contribution is -0.384. The Morgan fingerprint density at radius 3 is 2.69 bits per heavy atom. The van der Waals surface area contributed by atoms with Gasteiger partial charge in [0.05, 0.1) is 17.6 Å². The highest BCUT2D eigenvalue weighted by molar-refractivity contribution is 5.82. The maximum Gasteiger partial charge on any atom is 0.270 e. The van der Waals surface area contributed by atoms with Crippen LogP contribution in [0.1, 0.15) is 11.3 Å². The smallest absolute Gasteiger partial charge is 0.270 e. The second-order valence-electron chi connectivity index (χ2n) is 5.47. The molecule has 0 aliphatic carbocycles. The average molecular weight is 349 g/mol. The van der Waals surface area contributed by atoms with Gasteiger partial charge in [0.2, 0.25) is 5.91 Å². The zero-order chi connectivity index (χ0) is 18.4. The molecule has 1 amide bonds. The topological polar surface area (TPSA) is 97.7 Å². The normalized spacial score (nSPS) is 10.8. The fourth-order valence-corrected chi connectivity index (χ4v) is 2.34. The molecule has 0 radical (unpaired) electrons. The number of amides is 1. The van der Waals surface area contributed by atoms with E-state index in [0.29, 0.717) is 17.1 Å². The van der Waals surface area contributed by atoms with Crippen LogP contribution in [0.4, 0.5) is 5.69 Å². The standard InChI is InChI=1S/C19H15N3O4/c23-19(11-14-5-2-1-3-6-14)21-20-13-17-9-10-18(26-17)15-7-4-8-16(12-15)22(24)25/h1-10,12-13H,11H2,(H,21,23)/b20-13-. The van der Waals surface area contributed by atoms with E-state index in [1.54, 1.807) is 24.3 Å². The maximum absolute atomic E-state index is 11.8. The Balaban J connectivity index is 1.61. The van der Waals surface area contributed by atoms with Crippen LogP contribution in [0.15, 0.2) is 76.2 Å². The fraction of sp³-hybridized carbons (Fsp3) is 0.0526. The molecule has 1 heterocycles. The van der Waals surface area contributed by atoms with Gasteiger partial charge in [-0.1, -0.05) is 42.5 Å². The molecule has 0 saturated carbocycles. The molecule has 0 fully saturated rings. The van der Waals surface area contributed by atoms with Gasteiger partial charge in [-0.2, -0.15) is 5.10 Å². The summed E-state index contributed by atoms with van der Waals surface area (Å²) < 4.78 is 5.58. The number of rotatable bonds is 6. The summed E-state index contributed by atoms with van der Waals surface area (Å²) in [6.07, 6.45) is 1.61. The SMILES string of the molecule is O=C(Cc1ccccc1)N/N=C\c1ccc(-c2cccc([N+](=O)[O-])c2)o1. The number of hydrogen-bond acceptors (Lipinski definition) is 5. The van der Waals surface area contributed by atoms with Gasteiger partial charge in [-0.05, 0) is 17.7 Å². The molecule has 1 aromatic heterocycles. The fourth-order valence-electron chi connectivity index (χ4n) is 2.34. The van der Waals surface area contributed by atoms with Crippen LogP contribution in [0.2, 0.25) is 0 Å². The summed E-state index contributed by atoms with van der Waals surface area (Å²) >= 11 is 0. The number of non-ortho nitro benzene ring substituents is 1. The number of nitro groups is 1. The van der Waals surface area contributed by atoms with Crippen LogP contribution < -0.4 is 5.43 Å². The van der Waals surface area contributed by atoms with Crippen molar-refractivity contribution >= 4 is 17.8 Å². The highest BCUT2D eigenvalue weighted by Crippen LogP contribution is 2.25. The van der Waals surface area contributed by atoms with Crippen molar-refractivity contribution in [3.8, 4) is 11.3 Å². The highest BCUT2D eigenvalue weighted by Gasteiger charge is 2.09. The summed E-state index contributed by atoms with van der Waals surface area (Å²) in [4.78, 5) is 22.2. The molecule has 26 heavy (non-hydrogen) atoms. The Hall–Kier alpha value is -3.74. The molecule has 0 aliphatic heterocycles. The second-order valence-corrected chi connectivity index (χ2v) is 5.47. The minimum atomic E-state index is -0.461. The summed E-state index contributed by atoms with van der Waals surface area (Å²) in [5.74, 6) is 0.662. The largest absolute Gasteiger partial charge is 0.455 e. The zero-order valence-electron chi connectivity index (χ0n) is 13.7. The first-order valence-electron chi connectivity index (χ1n) is 7.82. The molecule has 0 aliphatic rings. The van der Waals surface area contributed by atoms with Gasteiger partial charge in [0.25, 0.3) is 5.69 Å². The zero-order valence-corrected chi connectivity index (χ0v) is 13.7. The third-order valence-corrected chi connectivity index (χ3v) is 3.56. The van der Waals surface area contributed by atoms with Crippen LogP contribution in [0.25, 0.3) is 11.3 Å². The van der Waals surface area contributed by atoms with Gasteiger partial charge in [0.1, 0.15) is 11.5 Å². The van der Waals surface area contributed by atoms with E-state index in [2.05, 4.69) is 10.5 Å². The van der Waals surface area contributed by atoms with Crippen molar-refractivity contribution < 1.29 is 14.1 Å². The van der Waals surface area contributed by atoms with E-state index in [-0.39, 0.29) is 18.0 Å². The van der Waals surface area contributed by atoms with E-state index < -0.39 is 4.92 Å². The van der Waals surface area contributed by atoms with E-state index in [4.69, 9.17) is 4.42 Å². The van der Waals surface area contributed by atoms with E-state index in [1.165, 1.54) is 18.3 Å². The number of nitrogens with zero attached hydrogens (tertiary/aromatic N) is 2. The van der Waals surface area contributed by atoms with Gasteiger partial charge < -0.3 is 4.42 Å². The molecule has 0 bridgehead atoms. The van der Waals surface area contributed by atoms with Gasteiger partial charge >= 0.3 is 0 Å². The third-order valence-electron chi connectivity index (χ3n) is 3.56. The molecule has 0 atom stereocenters. The summed E-state index contributed by atoms with van der Waals surface area (Å²) in [5.41, 5.74) is 3.91. The van der Waals surface area contributed by atoms with Crippen molar-refractivity contribution in [3.05, 3.63) is 88.2 Å². The summed E-state index contributed by atoms with van der Waals surface area (Å²) in [5, 5.41) is 14.7. The van der Waals surface area contributed by atoms with Crippen molar-refractivity contribution in [2.24, 2.45) is 5.10 Å². The molecule has 7 heteroatoms. The molecule has 7 nitrogen and oxygen atoms in total. The van der Waals surface area contributed by atoms with Crippen LogP contribution in [0, 0.1) is 10.1 Å². The van der Waals surface area contributed by atoms with E-state index in [0.717, 1.165) is 5.56 Å². The number of hydrogen-bond donors (Lipinski definition) is 1. The molecule has 0 spiro atoms. The first-order chi connectivity index (χ1) is 12.6. The number of furan rings is 1. The molecule has 0 saturated heterocycles. The van der Waals surface area contributed by atoms with Crippen LogP contribution in [0.5, 0.6) is 0 Å². The third kappa shape index (κ3) is 4.41. The van der Waals surface area contributed by atoms with Crippen molar-refractivity contribution in [1.29, 1.82) is 0 Å². The molecule has 2 aromatic carbocycles. The molecule has 3 rings (SSSR count). The van der Waals surface area contributed by atoms with E-state index >= 15 is 0 Å². The quantitative estimate of drug-likeness (QED) is 0.418. The van der Waals surface area contributed by atoms with Gasteiger partial charge in [0.15, 0.2) is 0 Å². The van der Waals surface area contributed by atoms with Crippen molar-refractivity contribution in [3.63, 3.8) is 0 Å². The average Bonchev–Trinajstić information content (AvgIpc) is 3.11. The molecule has 0 unspecified atom stereocenters. The van der Waals surface area contributed by atoms with Gasteiger partial charge in [-0.15, -0.1) is 0 Å². The number of nitro benzene ring substituents is 1. The molecule has 130 valence electrons. The Kier molecular flexibility index (Phi) is 5.19. The van der Waals surface area contributed by atoms with E-state index in [1.807, 2.05) is 30.3 Å². The lowest BCUT2D eigenvalue weighted by Crippen LogP contribution is -2.19. The Morgan fingerprint density at radius 1 is 1.12 bits per heavy atom. The first-order valence-corrected chi connectivity index (χ1v) is 7.82. The lowest BCUT2D eigenvalue weighted by atomic mass is 10.1. The molecular formula is C19H15N3O4. The van der Waals surface area contributed by atoms with Crippen LogP contribution >= 0.6 is 0 Å². The van der Waals surface area contributed by atoms with E-state index in [9.17, 15) is 14.9 Å². The van der Waals surface area contributed by atoms with Crippen LogP contribution in [-0.2, 0) is 11.2 Å². The molecule has 3 aromatic rings. The van der Waals surface area contributed by atoms with Gasteiger partial charge in [0, 0.05) is 17.7 Å². The Bertz CT molecular complexity index is 948. The first kappa shape index (κ1) is 17.1. The Morgan fingerprint density at radius 2 is 1.92 bits per heavy atom. The van der Waals surface area contributed by atoms with Crippen LogP contribution in [-0.4, -0.2) is 17.0 Å². The van der Waals surface area contributed by atoms with Crippen molar-refractivity contribution in [2.75, 3.05) is 0 Å². The van der Waals surface area contributed by atoms with Crippen LogP contribution in [0.3, 0.4) is 0 Å². The molecule has 1 N–H and O–H groups in total. The second kappa shape index (κ2) is 7.89. The predicted molar refractivity (Wildman–Crippen MR) is 96.7 cm³/mol. The van der Waals surface area contributed by atoms with Crippen molar-refractivity contribution in [1.82, 2.24) is 5.43 Å². The number of hydrazone groups is 1. The number of carbonyl (C=O) groups is 1. The maximum atomic E-state index is 11.8. The lowest BCUT2D eigenvalue weighted by Gasteiger charge is -1.99. The Labute approximate surface area is 149 Å². The van der Waals surface area contributed by atoms with Gasteiger partial charge in [-0.3, -0.25) is 14.9 Å². The summed E-state index contributed by atoms with van der Waals surface area (Å²) in [6.45, 7) is 0. The summed E-state index contributed by atoms with van der Waals surface area (Å²) in [6, 6.07) is 18.8. The molecular weight excluding hydrogens is 334 g/mol. The number of nitrogens with one attached hydrogen (secondary N) is 1. The predicted octanol–water partition coefficient (Wildman–Crippen LogP) is 3.55. The minimum absolute atomic E-state index is 0.0118. The highest BCUT2D eigenvalue weighted by atomic mass is 16.6. The monoisotopic (exact) mass is 349 g/mol.